The lowest BCUT2D eigenvalue weighted by atomic mass is 10.0. The molecular weight excluding hydrogens is 520 g/mol. The summed E-state index contributed by atoms with van der Waals surface area (Å²) in [6.45, 7) is 3.33. The number of rotatable bonds is 16. The van der Waals surface area contributed by atoms with Crippen molar-refractivity contribution in [2.75, 3.05) is 41.0 Å². The number of carbonyl (C=O) groups excluding carboxylic acids is 2. The van der Waals surface area contributed by atoms with Crippen LogP contribution in [0, 0.1) is 0 Å². The normalized spacial score (nSPS) is 16.3. The van der Waals surface area contributed by atoms with Crippen LogP contribution >= 0.6 is 0 Å². The van der Waals surface area contributed by atoms with Gasteiger partial charge in [-0.05, 0) is 36.5 Å². The number of benzene rings is 2. The Balaban J connectivity index is 1.58. The molecule has 8 heteroatoms. The number of hydrogen-bond donors (Lipinski definition) is 0. The van der Waals surface area contributed by atoms with Crippen LogP contribution in [0.15, 0.2) is 48.5 Å². The summed E-state index contributed by atoms with van der Waals surface area (Å²) in [6.07, 6.45) is 8.50. The Morgan fingerprint density at radius 3 is 2.44 bits per heavy atom. The van der Waals surface area contributed by atoms with Crippen LogP contribution in [0.1, 0.15) is 69.4 Å². The maximum atomic E-state index is 13.0. The van der Waals surface area contributed by atoms with Gasteiger partial charge >= 0.3 is 12.2 Å². The van der Waals surface area contributed by atoms with Crippen molar-refractivity contribution in [3.05, 3.63) is 59.7 Å². The Hall–Kier alpha value is -3.42. The minimum absolute atomic E-state index is 0.148. The molecule has 2 amide bonds. The van der Waals surface area contributed by atoms with E-state index in [-0.39, 0.29) is 18.2 Å². The maximum absolute atomic E-state index is 13.0. The Labute approximate surface area is 245 Å². The summed E-state index contributed by atoms with van der Waals surface area (Å²) in [6, 6.07) is 16.2. The van der Waals surface area contributed by atoms with E-state index in [0.717, 1.165) is 49.2 Å². The Bertz CT molecular complexity index is 1060. The van der Waals surface area contributed by atoms with Crippen molar-refractivity contribution in [2.24, 2.45) is 0 Å². The number of ether oxygens (including phenoxy) is 4. The molecule has 8 nitrogen and oxygen atoms in total. The summed E-state index contributed by atoms with van der Waals surface area (Å²) in [5.41, 5.74) is 2.38. The molecule has 0 aromatic heterocycles. The van der Waals surface area contributed by atoms with Gasteiger partial charge in [0.15, 0.2) is 0 Å². The van der Waals surface area contributed by atoms with Crippen LogP contribution in [-0.4, -0.2) is 75.1 Å². The van der Waals surface area contributed by atoms with Gasteiger partial charge in [-0.2, -0.15) is 0 Å². The third-order valence-corrected chi connectivity index (χ3v) is 7.48. The van der Waals surface area contributed by atoms with E-state index in [4.69, 9.17) is 18.9 Å². The largest absolute Gasteiger partial charge is 0.497 e. The summed E-state index contributed by atoms with van der Waals surface area (Å²) in [4.78, 5) is 28.3. The molecule has 0 unspecified atom stereocenters. The van der Waals surface area contributed by atoms with Crippen molar-refractivity contribution < 1.29 is 28.5 Å². The predicted molar refractivity (Wildman–Crippen MR) is 161 cm³/mol. The lowest BCUT2D eigenvalue weighted by Crippen LogP contribution is -2.38. The van der Waals surface area contributed by atoms with Crippen LogP contribution in [0.25, 0.3) is 0 Å². The molecule has 1 aliphatic heterocycles. The number of unbranched alkanes of at least 4 members (excludes halogenated alkanes) is 5. The number of likely N-dealkylation sites (tertiary alicyclic amines) is 1. The predicted octanol–water partition coefficient (Wildman–Crippen LogP) is 6.89. The molecule has 1 saturated heterocycles. The fourth-order valence-corrected chi connectivity index (χ4v) is 5.06. The number of hydrogen-bond acceptors (Lipinski definition) is 6. The third-order valence-electron chi connectivity index (χ3n) is 7.48. The van der Waals surface area contributed by atoms with Gasteiger partial charge in [-0.1, -0.05) is 75.4 Å². The number of aryl methyl sites for hydroxylation is 2. The Morgan fingerprint density at radius 1 is 0.951 bits per heavy atom. The summed E-state index contributed by atoms with van der Waals surface area (Å²) < 4.78 is 23.0. The van der Waals surface area contributed by atoms with Gasteiger partial charge < -0.3 is 28.7 Å². The van der Waals surface area contributed by atoms with Crippen LogP contribution in [0.2, 0.25) is 0 Å². The van der Waals surface area contributed by atoms with Crippen LogP contribution in [0.3, 0.4) is 0 Å². The highest BCUT2D eigenvalue weighted by Gasteiger charge is 2.38. The summed E-state index contributed by atoms with van der Waals surface area (Å²) in [5, 5.41) is 0. The zero-order chi connectivity index (χ0) is 29.5. The van der Waals surface area contributed by atoms with Crippen molar-refractivity contribution in [1.82, 2.24) is 9.80 Å². The number of methoxy groups -OCH3 is 1. The van der Waals surface area contributed by atoms with Crippen LogP contribution in [0.5, 0.6) is 11.5 Å². The highest BCUT2D eigenvalue weighted by Crippen LogP contribution is 2.28. The van der Waals surface area contributed by atoms with Gasteiger partial charge in [-0.15, -0.1) is 0 Å². The molecule has 0 radical (unpaired) electrons. The second-order valence-corrected chi connectivity index (χ2v) is 10.9. The summed E-state index contributed by atoms with van der Waals surface area (Å²) >= 11 is 0. The molecule has 2 atom stereocenters. The van der Waals surface area contributed by atoms with Crippen LogP contribution in [-0.2, 0) is 22.3 Å². The molecule has 0 saturated carbocycles. The molecule has 0 aliphatic carbocycles. The number of amides is 2. The van der Waals surface area contributed by atoms with Crippen molar-refractivity contribution in [1.29, 1.82) is 0 Å². The molecule has 226 valence electrons. The highest BCUT2D eigenvalue weighted by atomic mass is 16.6. The van der Waals surface area contributed by atoms with Crippen LogP contribution in [0.4, 0.5) is 9.59 Å². The standard InChI is InChI=1S/C33H48N2O6/c1-5-6-7-8-9-13-21-40-33(37)35-25-30(41-32(36)34(2)3)23-28(35)20-22-39-31-24-29(38-4)19-18-27(31)17-16-26-14-11-10-12-15-26/h10-12,14-15,18-19,24,28,30H,5-9,13,16-17,20-23,25H2,1-4H3/t28-,30-/m1/s1. The number of nitrogens with zero attached hydrogens (tertiary/aromatic N) is 2. The van der Waals surface area contributed by atoms with Crippen LogP contribution < -0.4 is 9.47 Å². The second-order valence-electron chi connectivity index (χ2n) is 10.9. The van der Waals surface area contributed by atoms with Gasteiger partial charge in [-0.3, -0.25) is 0 Å². The van der Waals surface area contributed by atoms with E-state index in [0.29, 0.717) is 32.6 Å². The first-order valence-electron chi connectivity index (χ1n) is 15.1. The fourth-order valence-electron chi connectivity index (χ4n) is 5.06. The molecule has 2 aromatic carbocycles. The minimum Gasteiger partial charge on any atom is -0.497 e. The van der Waals surface area contributed by atoms with Gasteiger partial charge in [0.05, 0.1) is 26.9 Å². The molecule has 1 heterocycles. The molecule has 1 aliphatic rings. The molecule has 0 spiro atoms. The monoisotopic (exact) mass is 568 g/mol. The smallest absolute Gasteiger partial charge is 0.410 e. The quantitative estimate of drug-likeness (QED) is 0.205. The van der Waals surface area contributed by atoms with Gasteiger partial charge in [0.25, 0.3) is 0 Å². The molecule has 2 aromatic rings. The first kappa shape index (κ1) is 32.1. The van der Waals surface area contributed by atoms with Crippen molar-refractivity contribution in [3.63, 3.8) is 0 Å². The zero-order valence-electron chi connectivity index (χ0n) is 25.3. The average molecular weight is 569 g/mol. The Morgan fingerprint density at radius 2 is 1.71 bits per heavy atom. The van der Waals surface area contributed by atoms with Crippen molar-refractivity contribution in [3.8, 4) is 11.5 Å². The first-order valence-corrected chi connectivity index (χ1v) is 15.1. The molecule has 0 bridgehead atoms. The van der Waals surface area contributed by atoms with Gasteiger partial charge in [0.1, 0.15) is 17.6 Å². The highest BCUT2D eigenvalue weighted by molar-refractivity contribution is 5.69. The average Bonchev–Trinajstić information content (AvgIpc) is 3.38. The van der Waals surface area contributed by atoms with E-state index in [1.54, 1.807) is 26.1 Å². The van der Waals surface area contributed by atoms with E-state index in [2.05, 4.69) is 37.3 Å². The number of carbonyl (C=O) groups is 2. The van der Waals surface area contributed by atoms with E-state index in [1.807, 2.05) is 18.2 Å². The maximum Gasteiger partial charge on any atom is 0.410 e. The lowest BCUT2D eigenvalue weighted by molar-refractivity contribution is 0.0704. The summed E-state index contributed by atoms with van der Waals surface area (Å²) in [7, 11) is 4.95. The molecule has 3 rings (SSSR count). The first-order chi connectivity index (χ1) is 19.9. The van der Waals surface area contributed by atoms with E-state index < -0.39 is 6.09 Å². The Kier molecular flexibility index (Phi) is 13.6. The van der Waals surface area contributed by atoms with E-state index >= 15 is 0 Å². The molecular formula is C33H48N2O6. The third kappa shape index (κ3) is 10.8. The van der Waals surface area contributed by atoms with E-state index in [9.17, 15) is 9.59 Å². The molecule has 41 heavy (non-hydrogen) atoms. The molecule has 0 N–H and O–H groups in total. The van der Waals surface area contributed by atoms with Gasteiger partial charge in [0.2, 0.25) is 0 Å². The second kappa shape index (κ2) is 17.4. The summed E-state index contributed by atoms with van der Waals surface area (Å²) in [5.74, 6) is 1.52. The molecule has 1 fully saturated rings. The van der Waals surface area contributed by atoms with E-state index in [1.165, 1.54) is 29.7 Å². The van der Waals surface area contributed by atoms with Crippen molar-refractivity contribution >= 4 is 12.2 Å². The van der Waals surface area contributed by atoms with Crippen molar-refractivity contribution in [2.45, 2.75) is 83.3 Å². The SMILES string of the molecule is CCCCCCCCOC(=O)N1C[C@H](OC(=O)N(C)C)C[C@H]1CCOc1cc(OC)ccc1CCc1ccccc1. The fraction of sp³-hybridized carbons (Fsp3) is 0.576. The van der Waals surface area contributed by atoms with Gasteiger partial charge in [-0.25, -0.2) is 9.59 Å². The zero-order valence-corrected chi connectivity index (χ0v) is 25.3. The minimum atomic E-state index is -0.410. The lowest BCUT2D eigenvalue weighted by Gasteiger charge is -2.24. The van der Waals surface area contributed by atoms with Gasteiger partial charge in [0, 0.05) is 39.0 Å². The topological polar surface area (TPSA) is 77.5 Å².